The third-order valence-electron chi connectivity index (χ3n) is 2.37. The van der Waals surface area contributed by atoms with Crippen molar-refractivity contribution in [3.8, 4) is 0 Å². The molecule has 0 aliphatic rings. The molecule has 0 aromatic heterocycles. The average Bonchev–Trinajstić information content (AvgIpc) is 2.37. The van der Waals surface area contributed by atoms with E-state index in [0.717, 1.165) is 18.9 Å². The lowest BCUT2D eigenvalue weighted by atomic mass is 10.2. The predicted molar refractivity (Wildman–Crippen MR) is 67.7 cm³/mol. The Kier molecular flexibility index (Phi) is 5.95. The van der Waals surface area contributed by atoms with E-state index in [4.69, 9.17) is 9.84 Å². The zero-order valence-electron chi connectivity index (χ0n) is 10.6. The summed E-state index contributed by atoms with van der Waals surface area (Å²) in [5.74, 6) is -2.49. The second-order valence-corrected chi connectivity index (χ2v) is 3.95. The highest BCUT2D eigenvalue weighted by atomic mass is 19.1. The Bertz CT molecular complexity index is 462. The number of halogens is 1. The minimum absolute atomic E-state index is 0.0610. The third-order valence-corrected chi connectivity index (χ3v) is 2.37. The van der Waals surface area contributed by atoms with Gasteiger partial charge in [0.25, 0.3) is 0 Å². The lowest BCUT2D eigenvalue weighted by Gasteiger charge is -2.07. The van der Waals surface area contributed by atoms with Crippen molar-refractivity contribution in [3.05, 3.63) is 29.6 Å². The Labute approximate surface area is 110 Å². The van der Waals surface area contributed by atoms with E-state index in [1.165, 1.54) is 12.1 Å². The topological polar surface area (TPSA) is 75.6 Å². The van der Waals surface area contributed by atoms with Crippen LogP contribution in [-0.2, 0) is 9.53 Å². The van der Waals surface area contributed by atoms with Gasteiger partial charge in [-0.15, -0.1) is 0 Å². The number of benzene rings is 1. The van der Waals surface area contributed by atoms with Crippen LogP contribution in [-0.4, -0.2) is 30.2 Å². The molecule has 2 N–H and O–H groups in total. The molecule has 0 spiro atoms. The van der Waals surface area contributed by atoms with Gasteiger partial charge in [0.1, 0.15) is 12.4 Å². The second-order valence-electron chi connectivity index (χ2n) is 3.95. The summed E-state index contributed by atoms with van der Waals surface area (Å²) in [6.45, 7) is 2.33. The van der Waals surface area contributed by atoms with Gasteiger partial charge in [-0.2, -0.15) is 0 Å². The van der Waals surface area contributed by atoms with E-state index in [0.29, 0.717) is 6.61 Å². The number of hydrogen-bond donors (Lipinski definition) is 2. The number of anilines is 1. The van der Waals surface area contributed by atoms with Crippen LogP contribution >= 0.6 is 0 Å². The lowest BCUT2D eigenvalue weighted by Crippen LogP contribution is -2.19. The van der Waals surface area contributed by atoms with E-state index in [1.54, 1.807) is 0 Å². The van der Waals surface area contributed by atoms with Crippen molar-refractivity contribution in [2.75, 3.05) is 18.5 Å². The van der Waals surface area contributed by atoms with Crippen LogP contribution in [0.5, 0.6) is 0 Å². The molecule has 1 aromatic carbocycles. The zero-order chi connectivity index (χ0) is 14.3. The number of amides is 1. The van der Waals surface area contributed by atoms with Gasteiger partial charge in [0.05, 0.1) is 11.3 Å². The second kappa shape index (κ2) is 7.48. The summed E-state index contributed by atoms with van der Waals surface area (Å²) in [5, 5.41) is 11.0. The van der Waals surface area contributed by atoms with Gasteiger partial charge in [0, 0.05) is 6.61 Å². The SMILES string of the molecule is CCCCOCC(=O)Nc1ccc(C(=O)O)cc1F. The van der Waals surface area contributed by atoms with Crippen LogP contribution in [0.2, 0.25) is 0 Å². The molecule has 1 rings (SSSR count). The standard InChI is InChI=1S/C13H16FNO4/c1-2-3-6-19-8-12(16)15-11-5-4-9(13(17)18)7-10(11)14/h4-5,7H,2-3,6,8H2,1H3,(H,15,16)(H,17,18). The number of carboxylic acid groups (broad SMARTS) is 1. The highest BCUT2D eigenvalue weighted by molar-refractivity contribution is 5.93. The number of carbonyl (C=O) groups excluding carboxylic acids is 1. The fraction of sp³-hybridized carbons (Fsp3) is 0.385. The summed E-state index contributed by atoms with van der Waals surface area (Å²) < 4.78 is 18.6. The van der Waals surface area contributed by atoms with Crippen LogP contribution in [0.15, 0.2) is 18.2 Å². The molecular formula is C13H16FNO4. The quantitative estimate of drug-likeness (QED) is 0.744. The minimum Gasteiger partial charge on any atom is -0.478 e. The summed E-state index contributed by atoms with van der Waals surface area (Å²) in [4.78, 5) is 22.0. The number of hydrogen-bond acceptors (Lipinski definition) is 3. The highest BCUT2D eigenvalue weighted by Crippen LogP contribution is 2.15. The number of rotatable bonds is 7. The number of carboxylic acids is 1. The summed E-state index contributed by atoms with van der Waals surface area (Å²) in [6.07, 6.45) is 1.82. The maximum absolute atomic E-state index is 13.5. The molecule has 0 heterocycles. The molecule has 6 heteroatoms. The maximum atomic E-state index is 13.5. The molecule has 0 saturated heterocycles. The Morgan fingerprint density at radius 1 is 1.42 bits per heavy atom. The smallest absolute Gasteiger partial charge is 0.335 e. The average molecular weight is 269 g/mol. The third kappa shape index (κ3) is 5.05. The van der Waals surface area contributed by atoms with E-state index in [1.807, 2.05) is 6.92 Å². The van der Waals surface area contributed by atoms with E-state index in [-0.39, 0.29) is 17.9 Å². The van der Waals surface area contributed by atoms with Crippen molar-refractivity contribution in [2.24, 2.45) is 0 Å². The first-order valence-electron chi connectivity index (χ1n) is 5.95. The number of ether oxygens (including phenoxy) is 1. The van der Waals surface area contributed by atoms with Crippen molar-refractivity contribution in [3.63, 3.8) is 0 Å². The molecule has 5 nitrogen and oxygen atoms in total. The first-order chi connectivity index (χ1) is 9.04. The van der Waals surface area contributed by atoms with Crippen molar-refractivity contribution in [1.82, 2.24) is 0 Å². The van der Waals surface area contributed by atoms with Crippen molar-refractivity contribution >= 4 is 17.6 Å². The summed E-state index contributed by atoms with van der Waals surface area (Å²) >= 11 is 0. The molecule has 0 unspecified atom stereocenters. The molecule has 0 radical (unpaired) electrons. The lowest BCUT2D eigenvalue weighted by molar-refractivity contribution is -0.120. The Hall–Kier alpha value is -1.95. The molecular weight excluding hydrogens is 253 g/mol. The molecule has 19 heavy (non-hydrogen) atoms. The first-order valence-corrected chi connectivity index (χ1v) is 5.95. The van der Waals surface area contributed by atoms with Gasteiger partial charge in [-0.3, -0.25) is 4.79 Å². The van der Waals surface area contributed by atoms with Crippen LogP contribution in [0.1, 0.15) is 30.1 Å². The fourth-order valence-electron chi connectivity index (χ4n) is 1.35. The highest BCUT2D eigenvalue weighted by Gasteiger charge is 2.10. The summed E-state index contributed by atoms with van der Waals surface area (Å²) in [6, 6.07) is 3.29. The van der Waals surface area contributed by atoms with Gasteiger partial charge in [-0.25, -0.2) is 9.18 Å². The Morgan fingerprint density at radius 2 is 2.16 bits per heavy atom. The normalized spacial score (nSPS) is 10.2. The molecule has 0 aliphatic carbocycles. The molecule has 1 amide bonds. The Morgan fingerprint density at radius 3 is 2.74 bits per heavy atom. The van der Waals surface area contributed by atoms with Gasteiger partial charge in [0.15, 0.2) is 0 Å². The molecule has 0 aliphatic heterocycles. The van der Waals surface area contributed by atoms with E-state index >= 15 is 0 Å². The van der Waals surface area contributed by atoms with Crippen molar-refractivity contribution in [2.45, 2.75) is 19.8 Å². The van der Waals surface area contributed by atoms with Gasteiger partial charge < -0.3 is 15.2 Å². The molecule has 0 saturated carbocycles. The number of nitrogens with one attached hydrogen (secondary N) is 1. The van der Waals surface area contributed by atoms with Gasteiger partial charge in [-0.05, 0) is 24.6 Å². The Balaban J connectivity index is 2.52. The summed E-state index contributed by atoms with van der Waals surface area (Å²) in [7, 11) is 0. The van der Waals surface area contributed by atoms with Crippen LogP contribution in [0.4, 0.5) is 10.1 Å². The van der Waals surface area contributed by atoms with Crippen LogP contribution in [0, 0.1) is 5.82 Å². The van der Waals surface area contributed by atoms with E-state index in [2.05, 4.69) is 5.32 Å². The van der Waals surface area contributed by atoms with Crippen LogP contribution < -0.4 is 5.32 Å². The molecule has 0 bridgehead atoms. The predicted octanol–water partition coefficient (Wildman–Crippen LogP) is 2.28. The van der Waals surface area contributed by atoms with Crippen molar-refractivity contribution < 1.29 is 23.8 Å². The molecule has 0 fully saturated rings. The van der Waals surface area contributed by atoms with Gasteiger partial charge >= 0.3 is 5.97 Å². The zero-order valence-corrected chi connectivity index (χ0v) is 10.6. The largest absolute Gasteiger partial charge is 0.478 e. The number of carbonyl (C=O) groups is 2. The monoisotopic (exact) mass is 269 g/mol. The summed E-state index contributed by atoms with van der Waals surface area (Å²) in [5.41, 5.74) is -0.233. The first kappa shape index (κ1) is 15.1. The van der Waals surface area contributed by atoms with E-state index < -0.39 is 17.7 Å². The molecule has 104 valence electrons. The van der Waals surface area contributed by atoms with E-state index in [9.17, 15) is 14.0 Å². The van der Waals surface area contributed by atoms with Crippen LogP contribution in [0.3, 0.4) is 0 Å². The van der Waals surface area contributed by atoms with Crippen molar-refractivity contribution in [1.29, 1.82) is 0 Å². The van der Waals surface area contributed by atoms with Gasteiger partial charge in [0.2, 0.25) is 5.91 Å². The molecule has 1 aromatic rings. The fourth-order valence-corrected chi connectivity index (χ4v) is 1.35. The minimum atomic E-state index is -1.22. The number of unbranched alkanes of at least 4 members (excludes halogenated alkanes) is 1. The molecule has 0 atom stereocenters. The van der Waals surface area contributed by atoms with Crippen LogP contribution in [0.25, 0.3) is 0 Å². The van der Waals surface area contributed by atoms with Gasteiger partial charge in [-0.1, -0.05) is 13.3 Å². The maximum Gasteiger partial charge on any atom is 0.335 e. The number of aromatic carboxylic acids is 1.